The lowest BCUT2D eigenvalue weighted by molar-refractivity contribution is 0.0788. The normalized spacial score (nSPS) is 15.5. The summed E-state index contributed by atoms with van der Waals surface area (Å²) in [5.74, 6) is -0.136. The van der Waals surface area contributed by atoms with E-state index in [1.54, 1.807) is 12.1 Å². The monoisotopic (exact) mass is 274 g/mol. The smallest absolute Gasteiger partial charge is 0.270 e. The van der Waals surface area contributed by atoms with Gasteiger partial charge < -0.3 is 9.88 Å². The maximum Gasteiger partial charge on any atom is 0.270 e. The van der Waals surface area contributed by atoms with Crippen LogP contribution in [-0.2, 0) is 0 Å². The van der Waals surface area contributed by atoms with Crippen LogP contribution in [-0.4, -0.2) is 28.9 Å². The molecular weight excluding hydrogens is 255 g/mol. The van der Waals surface area contributed by atoms with Gasteiger partial charge in [-0.25, -0.2) is 4.39 Å². The fraction of sp³-hybridized carbons (Fsp3) is 0.438. The van der Waals surface area contributed by atoms with Crippen molar-refractivity contribution in [3.05, 3.63) is 35.3 Å². The Kier molecular flexibility index (Phi) is 3.24. The van der Waals surface area contributed by atoms with Crippen LogP contribution in [0.5, 0.6) is 0 Å². The lowest BCUT2D eigenvalue weighted by Crippen LogP contribution is -2.27. The minimum absolute atomic E-state index is 0.0239. The predicted molar refractivity (Wildman–Crippen MR) is 77.5 cm³/mol. The lowest BCUT2D eigenvalue weighted by Gasteiger charge is -2.13. The molecule has 1 amide bonds. The summed E-state index contributed by atoms with van der Waals surface area (Å²) < 4.78 is 14.4. The number of nitrogens with zero attached hydrogens (tertiary/aromatic N) is 1. The number of aromatic nitrogens is 1. The largest absolute Gasteiger partial charge is 0.348 e. The van der Waals surface area contributed by atoms with Gasteiger partial charge in [-0.1, -0.05) is 26.0 Å². The van der Waals surface area contributed by atoms with Crippen LogP contribution in [0.15, 0.2) is 18.2 Å². The van der Waals surface area contributed by atoms with Crippen molar-refractivity contribution < 1.29 is 9.18 Å². The van der Waals surface area contributed by atoms with Gasteiger partial charge in [0.1, 0.15) is 5.69 Å². The van der Waals surface area contributed by atoms with Gasteiger partial charge in [0.05, 0.1) is 5.52 Å². The van der Waals surface area contributed by atoms with Crippen LogP contribution >= 0.6 is 0 Å². The zero-order valence-corrected chi connectivity index (χ0v) is 11.9. The molecule has 106 valence electrons. The molecule has 3 rings (SSSR count). The molecule has 0 unspecified atom stereocenters. The zero-order valence-electron chi connectivity index (χ0n) is 11.9. The van der Waals surface area contributed by atoms with E-state index in [2.05, 4.69) is 4.98 Å². The predicted octanol–water partition coefficient (Wildman–Crippen LogP) is 3.67. The SMILES string of the molecule is CC(C)c1ccc2cc(C(=O)N3CCCC3)[nH]c2c1F. The van der Waals surface area contributed by atoms with Gasteiger partial charge in [-0.2, -0.15) is 0 Å². The maximum absolute atomic E-state index is 14.4. The molecule has 0 aliphatic carbocycles. The van der Waals surface area contributed by atoms with E-state index >= 15 is 0 Å². The number of aromatic amines is 1. The molecule has 1 aromatic carbocycles. The van der Waals surface area contributed by atoms with Crippen LogP contribution < -0.4 is 0 Å². The molecule has 1 N–H and O–H groups in total. The van der Waals surface area contributed by atoms with Crippen molar-refractivity contribution in [3.8, 4) is 0 Å². The van der Waals surface area contributed by atoms with E-state index in [4.69, 9.17) is 0 Å². The number of nitrogens with one attached hydrogen (secondary N) is 1. The number of benzene rings is 1. The number of halogens is 1. The van der Waals surface area contributed by atoms with Gasteiger partial charge in [0.15, 0.2) is 5.82 Å². The van der Waals surface area contributed by atoms with E-state index < -0.39 is 0 Å². The third kappa shape index (κ3) is 2.09. The van der Waals surface area contributed by atoms with Gasteiger partial charge in [-0.15, -0.1) is 0 Å². The average molecular weight is 274 g/mol. The minimum Gasteiger partial charge on any atom is -0.348 e. The summed E-state index contributed by atoms with van der Waals surface area (Å²) in [6, 6.07) is 5.44. The number of carbonyl (C=O) groups excluding carboxylic acids is 1. The quantitative estimate of drug-likeness (QED) is 0.891. The number of hydrogen-bond donors (Lipinski definition) is 1. The van der Waals surface area contributed by atoms with Gasteiger partial charge in [0.25, 0.3) is 5.91 Å². The molecule has 1 aromatic heterocycles. The molecule has 2 aromatic rings. The van der Waals surface area contributed by atoms with Crippen molar-refractivity contribution >= 4 is 16.8 Å². The third-order valence-corrected chi connectivity index (χ3v) is 4.01. The Labute approximate surface area is 117 Å². The van der Waals surface area contributed by atoms with Crippen molar-refractivity contribution in [2.45, 2.75) is 32.6 Å². The van der Waals surface area contributed by atoms with Crippen LogP contribution in [0, 0.1) is 5.82 Å². The third-order valence-electron chi connectivity index (χ3n) is 4.01. The second kappa shape index (κ2) is 4.93. The first kappa shape index (κ1) is 13.2. The summed E-state index contributed by atoms with van der Waals surface area (Å²) in [5.41, 5.74) is 1.61. The average Bonchev–Trinajstić information content (AvgIpc) is 3.07. The molecule has 3 nitrogen and oxygen atoms in total. The standard InChI is InChI=1S/C16H19FN2O/c1-10(2)12-6-5-11-9-13(18-15(11)14(12)17)16(20)19-7-3-4-8-19/h5-6,9-10,18H,3-4,7-8H2,1-2H3. The molecule has 0 saturated carbocycles. The van der Waals surface area contributed by atoms with E-state index in [9.17, 15) is 9.18 Å². The number of amides is 1. The van der Waals surface area contributed by atoms with Gasteiger partial charge >= 0.3 is 0 Å². The van der Waals surface area contributed by atoms with Gasteiger partial charge in [-0.05, 0) is 30.4 Å². The highest BCUT2D eigenvalue weighted by Gasteiger charge is 2.22. The first-order chi connectivity index (χ1) is 9.58. The van der Waals surface area contributed by atoms with Crippen LogP contribution in [0.1, 0.15) is 48.7 Å². The Bertz CT molecular complexity index is 654. The molecule has 0 bridgehead atoms. The Morgan fingerprint density at radius 1 is 1.30 bits per heavy atom. The Balaban J connectivity index is 2.02. The fourth-order valence-corrected chi connectivity index (χ4v) is 2.83. The van der Waals surface area contributed by atoms with Crippen LogP contribution in [0.2, 0.25) is 0 Å². The molecule has 0 radical (unpaired) electrons. The molecule has 1 saturated heterocycles. The van der Waals surface area contributed by atoms with Crippen LogP contribution in [0.4, 0.5) is 4.39 Å². The zero-order chi connectivity index (χ0) is 14.3. The van der Waals surface area contributed by atoms with E-state index in [-0.39, 0.29) is 17.6 Å². The van der Waals surface area contributed by atoms with E-state index in [1.165, 1.54) is 0 Å². The molecule has 2 heterocycles. The number of likely N-dealkylation sites (tertiary alicyclic amines) is 1. The second-order valence-corrected chi connectivity index (χ2v) is 5.77. The first-order valence-electron chi connectivity index (χ1n) is 7.18. The van der Waals surface area contributed by atoms with Crippen molar-refractivity contribution in [1.29, 1.82) is 0 Å². The summed E-state index contributed by atoms with van der Waals surface area (Å²) >= 11 is 0. The van der Waals surface area contributed by atoms with Crippen LogP contribution in [0.3, 0.4) is 0 Å². The number of fused-ring (bicyclic) bond motifs is 1. The Morgan fingerprint density at radius 2 is 2.00 bits per heavy atom. The van der Waals surface area contributed by atoms with E-state index in [1.807, 2.05) is 24.8 Å². The summed E-state index contributed by atoms with van der Waals surface area (Å²) in [5, 5.41) is 0.759. The van der Waals surface area contributed by atoms with E-state index in [0.717, 1.165) is 31.3 Å². The fourth-order valence-electron chi connectivity index (χ4n) is 2.83. The van der Waals surface area contributed by atoms with Crippen LogP contribution in [0.25, 0.3) is 10.9 Å². The molecule has 20 heavy (non-hydrogen) atoms. The maximum atomic E-state index is 14.4. The van der Waals surface area contributed by atoms with Gasteiger partial charge in [-0.3, -0.25) is 4.79 Å². The summed E-state index contributed by atoms with van der Waals surface area (Å²) in [4.78, 5) is 17.1. The second-order valence-electron chi connectivity index (χ2n) is 5.77. The topological polar surface area (TPSA) is 36.1 Å². The molecule has 4 heteroatoms. The van der Waals surface area contributed by atoms with Crippen molar-refractivity contribution in [2.75, 3.05) is 13.1 Å². The van der Waals surface area contributed by atoms with Crippen molar-refractivity contribution in [2.24, 2.45) is 0 Å². The number of carbonyl (C=O) groups is 1. The van der Waals surface area contributed by atoms with Crippen molar-refractivity contribution in [3.63, 3.8) is 0 Å². The summed E-state index contributed by atoms with van der Waals surface area (Å²) in [6.07, 6.45) is 2.11. The highest BCUT2D eigenvalue weighted by atomic mass is 19.1. The highest BCUT2D eigenvalue weighted by molar-refractivity contribution is 5.98. The minimum atomic E-state index is -0.238. The molecule has 1 aliphatic heterocycles. The molecule has 1 fully saturated rings. The molecule has 0 atom stereocenters. The Morgan fingerprint density at radius 3 is 2.65 bits per heavy atom. The number of rotatable bonds is 2. The first-order valence-corrected chi connectivity index (χ1v) is 7.18. The molecule has 0 spiro atoms. The Hall–Kier alpha value is -1.84. The summed E-state index contributed by atoms with van der Waals surface area (Å²) in [6.45, 7) is 5.52. The summed E-state index contributed by atoms with van der Waals surface area (Å²) in [7, 11) is 0. The van der Waals surface area contributed by atoms with Gasteiger partial charge in [0.2, 0.25) is 0 Å². The number of H-pyrrole nitrogens is 1. The van der Waals surface area contributed by atoms with Gasteiger partial charge in [0, 0.05) is 18.5 Å². The molecular formula is C16H19FN2O. The lowest BCUT2D eigenvalue weighted by atomic mass is 10.0. The number of hydrogen-bond acceptors (Lipinski definition) is 1. The highest BCUT2D eigenvalue weighted by Crippen LogP contribution is 2.27. The molecule has 1 aliphatic rings. The van der Waals surface area contributed by atoms with E-state index in [0.29, 0.717) is 16.8 Å². The van der Waals surface area contributed by atoms with Crippen molar-refractivity contribution in [1.82, 2.24) is 9.88 Å².